The Kier molecular flexibility index (Phi) is 5.58. The fourth-order valence-electron chi connectivity index (χ4n) is 3.23. The van der Waals surface area contributed by atoms with Crippen molar-refractivity contribution in [3.8, 4) is 0 Å². The molecule has 1 atom stereocenters. The summed E-state index contributed by atoms with van der Waals surface area (Å²) in [6.45, 7) is 4.16. The van der Waals surface area contributed by atoms with Crippen molar-refractivity contribution in [3.63, 3.8) is 0 Å². The number of amides is 1. The van der Waals surface area contributed by atoms with E-state index in [1.807, 2.05) is 0 Å². The number of ether oxygens (including phenoxy) is 2. The van der Waals surface area contributed by atoms with Gasteiger partial charge in [0.05, 0.1) is 12.0 Å². The first-order chi connectivity index (χ1) is 10.1. The van der Waals surface area contributed by atoms with Crippen LogP contribution in [0.2, 0.25) is 0 Å². The lowest BCUT2D eigenvalue weighted by Crippen LogP contribution is -2.57. The summed E-state index contributed by atoms with van der Waals surface area (Å²) >= 11 is 0. The Morgan fingerprint density at radius 3 is 2.67 bits per heavy atom. The average Bonchev–Trinajstić information content (AvgIpc) is 2.55. The minimum absolute atomic E-state index is 0.00560. The van der Waals surface area contributed by atoms with Crippen molar-refractivity contribution in [1.82, 2.24) is 4.90 Å². The highest BCUT2D eigenvalue weighted by Crippen LogP contribution is 2.34. The zero-order valence-electron chi connectivity index (χ0n) is 12.8. The van der Waals surface area contributed by atoms with Gasteiger partial charge in [-0.2, -0.15) is 0 Å². The standard InChI is InChI=1S/C15H26N2O4/c1-2-21-13(18)12-5-3-4-8-17(12)14(19)15(11-16)6-9-20-10-7-15/h12H,2-11,16H2,1H3. The average molecular weight is 298 g/mol. The van der Waals surface area contributed by atoms with Crippen molar-refractivity contribution in [3.05, 3.63) is 0 Å². The predicted molar refractivity (Wildman–Crippen MR) is 77.5 cm³/mol. The second-order valence-electron chi connectivity index (χ2n) is 5.86. The molecule has 2 fully saturated rings. The van der Waals surface area contributed by atoms with E-state index in [-0.39, 0.29) is 11.9 Å². The van der Waals surface area contributed by atoms with Gasteiger partial charge in [-0.05, 0) is 39.0 Å². The van der Waals surface area contributed by atoms with Gasteiger partial charge in [-0.25, -0.2) is 4.79 Å². The van der Waals surface area contributed by atoms with Crippen LogP contribution in [0.4, 0.5) is 0 Å². The van der Waals surface area contributed by atoms with Crippen molar-refractivity contribution in [2.24, 2.45) is 11.1 Å². The summed E-state index contributed by atoms with van der Waals surface area (Å²) in [4.78, 5) is 26.8. The quantitative estimate of drug-likeness (QED) is 0.772. The summed E-state index contributed by atoms with van der Waals surface area (Å²) < 4.78 is 10.5. The van der Waals surface area contributed by atoms with Crippen LogP contribution in [0.15, 0.2) is 0 Å². The number of carbonyl (C=O) groups is 2. The molecule has 0 bridgehead atoms. The monoisotopic (exact) mass is 298 g/mol. The molecule has 2 N–H and O–H groups in total. The molecule has 21 heavy (non-hydrogen) atoms. The van der Waals surface area contributed by atoms with E-state index in [1.54, 1.807) is 11.8 Å². The zero-order chi connectivity index (χ0) is 15.3. The molecule has 0 radical (unpaired) electrons. The fourth-order valence-corrected chi connectivity index (χ4v) is 3.23. The second kappa shape index (κ2) is 7.22. The molecule has 0 aromatic heterocycles. The Morgan fingerprint density at radius 2 is 2.05 bits per heavy atom. The molecular weight excluding hydrogens is 272 g/mol. The summed E-state index contributed by atoms with van der Waals surface area (Å²) in [6, 6.07) is -0.447. The molecule has 0 aliphatic carbocycles. The van der Waals surface area contributed by atoms with Crippen molar-refractivity contribution >= 4 is 11.9 Å². The van der Waals surface area contributed by atoms with Gasteiger partial charge in [0.15, 0.2) is 0 Å². The maximum absolute atomic E-state index is 13.0. The van der Waals surface area contributed by atoms with Crippen LogP contribution < -0.4 is 5.73 Å². The number of hydrogen-bond acceptors (Lipinski definition) is 5. The van der Waals surface area contributed by atoms with E-state index in [0.717, 1.165) is 12.8 Å². The van der Waals surface area contributed by atoms with Crippen LogP contribution in [0, 0.1) is 5.41 Å². The molecule has 0 aromatic rings. The Bertz CT molecular complexity index is 380. The van der Waals surface area contributed by atoms with Crippen LogP contribution in [0.5, 0.6) is 0 Å². The van der Waals surface area contributed by atoms with Crippen LogP contribution in [0.3, 0.4) is 0 Å². The number of nitrogens with two attached hydrogens (primary N) is 1. The van der Waals surface area contributed by atoms with E-state index < -0.39 is 11.5 Å². The molecule has 1 unspecified atom stereocenters. The fraction of sp³-hybridized carbons (Fsp3) is 0.867. The SMILES string of the molecule is CCOC(=O)C1CCCCN1C(=O)C1(CN)CCOCC1. The first-order valence-electron chi connectivity index (χ1n) is 7.90. The number of nitrogens with zero attached hydrogens (tertiary/aromatic N) is 1. The van der Waals surface area contributed by atoms with Crippen molar-refractivity contribution < 1.29 is 19.1 Å². The first kappa shape index (κ1) is 16.2. The Hall–Kier alpha value is -1.14. The lowest BCUT2D eigenvalue weighted by atomic mass is 9.78. The van der Waals surface area contributed by atoms with Gasteiger partial charge in [-0.1, -0.05) is 0 Å². The van der Waals surface area contributed by atoms with Crippen LogP contribution in [0.25, 0.3) is 0 Å². The second-order valence-corrected chi connectivity index (χ2v) is 5.86. The minimum atomic E-state index is -0.569. The lowest BCUT2D eigenvalue weighted by molar-refractivity contribution is -0.163. The van der Waals surface area contributed by atoms with Gasteiger partial charge in [-0.3, -0.25) is 4.79 Å². The third kappa shape index (κ3) is 3.37. The predicted octanol–water partition coefficient (Wildman–Crippen LogP) is 0.686. The Labute approximate surface area is 125 Å². The first-order valence-corrected chi connectivity index (χ1v) is 7.90. The molecule has 120 valence electrons. The van der Waals surface area contributed by atoms with Crippen LogP contribution in [-0.2, 0) is 19.1 Å². The van der Waals surface area contributed by atoms with E-state index in [0.29, 0.717) is 52.2 Å². The maximum atomic E-state index is 13.0. The molecule has 0 saturated carbocycles. The van der Waals surface area contributed by atoms with E-state index in [4.69, 9.17) is 15.2 Å². The van der Waals surface area contributed by atoms with Crippen LogP contribution >= 0.6 is 0 Å². The number of esters is 1. The summed E-state index contributed by atoms with van der Waals surface area (Å²) in [6.07, 6.45) is 3.83. The highest BCUT2D eigenvalue weighted by atomic mass is 16.5. The molecule has 2 aliphatic heterocycles. The van der Waals surface area contributed by atoms with Gasteiger partial charge in [0.25, 0.3) is 0 Å². The van der Waals surface area contributed by atoms with Crippen LogP contribution in [0.1, 0.15) is 39.0 Å². The number of likely N-dealkylation sites (tertiary alicyclic amines) is 1. The molecule has 1 amide bonds. The molecular formula is C15H26N2O4. The Balaban J connectivity index is 2.15. The molecule has 0 spiro atoms. The van der Waals surface area contributed by atoms with Crippen molar-refractivity contribution in [2.75, 3.05) is 32.9 Å². The minimum Gasteiger partial charge on any atom is -0.464 e. The normalized spacial score (nSPS) is 25.4. The van der Waals surface area contributed by atoms with E-state index in [2.05, 4.69) is 0 Å². The number of rotatable bonds is 4. The zero-order valence-corrected chi connectivity index (χ0v) is 12.8. The smallest absolute Gasteiger partial charge is 0.328 e. The molecule has 2 saturated heterocycles. The third-order valence-electron chi connectivity index (χ3n) is 4.62. The van der Waals surface area contributed by atoms with Gasteiger partial charge in [-0.15, -0.1) is 0 Å². The summed E-state index contributed by atoms with van der Waals surface area (Å²) in [5.41, 5.74) is 5.34. The third-order valence-corrected chi connectivity index (χ3v) is 4.62. The van der Waals surface area contributed by atoms with Gasteiger partial charge < -0.3 is 20.1 Å². The van der Waals surface area contributed by atoms with Gasteiger partial charge in [0.1, 0.15) is 6.04 Å². The number of hydrogen-bond donors (Lipinski definition) is 1. The largest absolute Gasteiger partial charge is 0.464 e. The van der Waals surface area contributed by atoms with E-state index in [1.165, 1.54) is 0 Å². The number of piperidine rings is 1. The molecule has 6 heteroatoms. The lowest BCUT2D eigenvalue weighted by Gasteiger charge is -2.42. The molecule has 2 aliphatic rings. The highest BCUT2D eigenvalue weighted by molar-refractivity contribution is 5.88. The van der Waals surface area contributed by atoms with E-state index in [9.17, 15) is 9.59 Å². The maximum Gasteiger partial charge on any atom is 0.328 e. The summed E-state index contributed by atoms with van der Waals surface area (Å²) in [7, 11) is 0. The van der Waals surface area contributed by atoms with Crippen molar-refractivity contribution in [1.29, 1.82) is 0 Å². The van der Waals surface area contributed by atoms with Crippen molar-refractivity contribution in [2.45, 2.75) is 45.1 Å². The highest BCUT2D eigenvalue weighted by Gasteiger charge is 2.45. The Morgan fingerprint density at radius 1 is 1.33 bits per heavy atom. The molecule has 2 heterocycles. The molecule has 2 rings (SSSR count). The van der Waals surface area contributed by atoms with Gasteiger partial charge >= 0.3 is 5.97 Å². The molecule has 6 nitrogen and oxygen atoms in total. The summed E-state index contributed by atoms with van der Waals surface area (Å²) in [5, 5.41) is 0. The molecule has 0 aromatic carbocycles. The van der Waals surface area contributed by atoms with E-state index >= 15 is 0 Å². The number of carbonyl (C=O) groups excluding carboxylic acids is 2. The topological polar surface area (TPSA) is 81.9 Å². The van der Waals surface area contributed by atoms with Crippen LogP contribution in [-0.4, -0.2) is 55.7 Å². The summed E-state index contributed by atoms with van der Waals surface area (Å²) in [5.74, 6) is -0.282. The van der Waals surface area contributed by atoms with Gasteiger partial charge in [0.2, 0.25) is 5.91 Å². The van der Waals surface area contributed by atoms with Gasteiger partial charge in [0, 0.05) is 26.3 Å².